The summed E-state index contributed by atoms with van der Waals surface area (Å²) in [6, 6.07) is 0. The van der Waals surface area contributed by atoms with E-state index in [0.29, 0.717) is 19.8 Å². The Kier molecular flexibility index (Phi) is 5.42. The van der Waals surface area contributed by atoms with Crippen molar-refractivity contribution in [1.82, 2.24) is 0 Å². The highest BCUT2D eigenvalue weighted by atomic mass is 16.5. The Hall–Kier alpha value is -0.120. The first kappa shape index (κ1) is 14.9. The molecular formula is C14H29NO2. The molecule has 1 aliphatic rings. The fourth-order valence-electron chi connectivity index (χ4n) is 3.05. The third-order valence-electron chi connectivity index (χ3n) is 4.76. The summed E-state index contributed by atoms with van der Waals surface area (Å²) in [5, 5.41) is 10.7. The van der Waals surface area contributed by atoms with Gasteiger partial charge in [0.05, 0.1) is 12.2 Å². The molecule has 0 saturated heterocycles. The van der Waals surface area contributed by atoms with Crippen LogP contribution in [-0.2, 0) is 4.74 Å². The van der Waals surface area contributed by atoms with Crippen LogP contribution in [0, 0.1) is 11.3 Å². The smallest absolute Gasteiger partial charge is 0.0919 e. The largest absolute Gasteiger partial charge is 0.387 e. The number of aliphatic hydroxyl groups is 1. The van der Waals surface area contributed by atoms with Crippen LogP contribution in [0.25, 0.3) is 0 Å². The first-order valence-corrected chi connectivity index (χ1v) is 7.01. The van der Waals surface area contributed by atoms with Crippen LogP contribution < -0.4 is 5.73 Å². The van der Waals surface area contributed by atoms with Crippen LogP contribution in [0.4, 0.5) is 0 Å². The van der Waals surface area contributed by atoms with Crippen molar-refractivity contribution in [2.45, 2.75) is 58.5 Å². The van der Waals surface area contributed by atoms with Gasteiger partial charge in [0.15, 0.2) is 0 Å². The molecule has 1 saturated carbocycles. The molecule has 0 aromatic rings. The van der Waals surface area contributed by atoms with Gasteiger partial charge in [0, 0.05) is 18.6 Å². The first-order chi connectivity index (χ1) is 8.01. The van der Waals surface area contributed by atoms with Crippen LogP contribution in [0.15, 0.2) is 0 Å². The molecule has 1 atom stereocenters. The van der Waals surface area contributed by atoms with Gasteiger partial charge in [-0.15, -0.1) is 0 Å². The highest BCUT2D eigenvalue weighted by Crippen LogP contribution is 2.46. The Morgan fingerprint density at radius 3 is 2.35 bits per heavy atom. The average molecular weight is 243 g/mol. The van der Waals surface area contributed by atoms with Crippen molar-refractivity contribution in [3.63, 3.8) is 0 Å². The summed E-state index contributed by atoms with van der Waals surface area (Å²) in [5.74, 6) is 0.817. The normalized spacial score (nSPS) is 33.4. The maximum atomic E-state index is 10.7. The zero-order valence-electron chi connectivity index (χ0n) is 11.7. The second-order valence-corrected chi connectivity index (χ2v) is 5.75. The molecule has 3 N–H and O–H groups in total. The standard InChI is InChI=1S/C14H29NO2/c1-4-12-6-8-14(10-15,9-7-12)13(3,16)11-17-5-2/h12,16H,4-11,15H2,1-3H3. The molecule has 1 unspecified atom stereocenters. The van der Waals surface area contributed by atoms with Crippen molar-refractivity contribution in [3.05, 3.63) is 0 Å². The van der Waals surface area contributed by atoms with E-state index in [4.69, 9.17) is 10.5 Å². The summed E-state index contributed by atoms with van der Waals surface area (Å²) in [5.41, 5.74) is 5.03. The van der Waals surface area contributed by atoms with Crippen molar-refractivity contribution in [1.29, 1.82) is 0 Å². The molecule has 3 heteroatoms. The van der Waals surface area contributed by atoms with Crippen molar-refractivity contribution in [3.8, 4) is 0 Å². The van der Waals surface area contributed by atoms with Crippen LogP contribution >= 0.6 is 0 Å². The number of rotatable bonds is 6. The Labute approximate surface area is 106 Å². The summed E-state index contributed by atoms with van der Waals surface area (Å²) in [4.78, 5) is 0. The van der Waals surface area contributed by atoms with E-state index in [1.807, 2.05) is 13.8 Å². The maximum Gasteiger partial charge on any atom is 0.0919 e. The van der Waals surface area contributed by atoms with Crippen LogP contribution in [0.1, 0.15) is 52.9 Å². The summed E-state index contributed by atoms with van der Waals surface area (Å²) in [6.45, 7) is 7.70. The monoisotopic (exact) mass is 243 g/mol. The fourth-order valence-corrected chi connectivity index (χ4v) is 3.05. The molecule has 0 spiro atoms. The minimum atomic E-state index is -0.795. The molecule has 1 aliphatic carbocycles. The van der Waals surface area contributed by atoms with Gasteiger partial charge in [-0.25, -0.2) is 0 Å². The molecule has 0 aliphatic heterocycles. The molecule has 0 amide bonds. The van der Waals surface area contributed by atoms with Gasteiger partial charge in [-0.05, 0) is 45.4 Å². The van der Waals surface area contributed by atoms with Crippen molar-refractivity contribution in [2.75, 3.05) is 19.8 Å². The molecule has 1 rings (SSSR count). The molecule has 3 nitrogen and oxygen atoms in total. The number of ether oxygens (including phenoxy) is 1. The van der Waals surface area contributed by atoms with Crippen LogP contribution in [0.2, 0.25) is 0 Å². The molecular weight excluding hydrogens is 214 g/mol. The lowest BCUT2D eigenvalue weighted by Crippen LogP contribution is -2.55. The Morgan fingerprint density at radius 2 is 1.94 bits per heavy atom. The minimum absolute atomic E-state index is 0.145. The van der Waals surface area contributed by atoms with E-state index >= 15 is 0 Å². The molecule has 0 heterocycles. The van der Waals surface area contributed by atoms with Gasteiger partial charge in [-0.3, -0.25) is 0 Å². The summed E-state index contributed by atoms with van der Waals surface area (Å²) < 4.78 is 5.43. The zero-order chi connectivity index (χ0) is 12.9. The van der Waals surface area contributed by atoms with Gasteiger partial charge in [0.2, 0.25) is 0 Å². The molecule has 0 aromatic heterocycles. The highest BCUT2D eigenvalue weighted by Gasteiger charge is 2.47. The van der Waals surface area contributed by atoms with Gasteiger partial charge < -0.3 is 15.6 Å². The van der Waals surface area contributed by atoms with Crippen LogP contribution in [0.5, 0.6) is 0 Å². The van der Waals surface area contributed by atoms with E-state index in [1.54, 1.807) is 0 Å². The van der Waals surface area contributed by atoms with E-state index < -0.39 is 5.60 Å². The second kappa shape index (κ2) is 6.17. The average Bonchev–Trinajstić information content (AvgIpc) is 2.36. The number of hydrogen-bond acceptors (Lipinski definition) is 3. The summed E-state index contributed by atoms with van der Waals surface area (Å²) >= 11 is 0. The second-order valence-electron chi connectivity index (χ2n) is 5.75. The van der Waals surface area contributed by atoms with Crippen molar-refractivity contribution < 1.29 is 9.84 Å². The van der Waals surface area contributed by atoms with E-state index in [9.17, 15) is 5.11 Å². The third kappa shape index (κ3) is 3.21. The lowest BCUT2D eigenvalue weighted by molar-refractivity contribution is -0.133. The first-order valence-electron chi connectivity index (χ1n) is 7.01. The molecule has 102 valence electrons. The summed E-state index contributed by atoms with van der Waals surface area (Å²) in [7, 11) is 0. The fraction of sp³-hybridized carbons (Fsp3) is 1.00. The Bertz CT molecular complexity index is 220. The third-order valence-corrected chi connectivity index (χ3v) is 4.76. The lowest BCUT2D eigenvalue weighted by atomic mass is 9.61. The molecule has 0 radical (unpaired) electrons. The molecule has 17 heavy (non-hydrogen) atoms. The van der Waals surface area contributed by atoms with E-state index in [0.717, 1.165) is 18.8 Å². The predicted molar refractivity (Wildman–Crippen MR) is 70.9 cm³/mol. The van der Waals surface area contributed by atoms with Gasteiger partial charge in [0.25, 0.3) is 0 Å². The molecule has 0 bridgehead atoms. The predicted octanol–water partition coefficient (Wildman–Crippen LogP) is 2.32. The van der Waals surface area contributed by atoms with Crippen LogP contribution in [-0.4, -0.2) is 30.5 Å². The van der Waals surface area contributed by atoms with E-state index in [-0.39, 0.29) is 5.41 Å². The van der Waals surface area contributed by atoms with Gasteiger partial charge in [-0.1, -0.05) is 13.3 Å². The van der Waals surface area contributed by atoms with Gasteiger partial charge >= 0.3 is 0 Å². The number of hydrogen-bond donors (Lipinski definition) is 2. The van der Waals surface area contributed by atoms with E-state index in [1.165, 1.54) is 19.3 Å². The highest BCUT2D eigenvalue weighted by molar-refractivity contribution is 4.99. The van der Waals surface area contributed by atoms with Gasteiger partial charge in [0.1, 0.15) is 0 Å². The topological polar surface area (TPSA) is 55.5 Å². The quantitative estimate of drug-likeness (QED) is 0.752. The summed E-state index contributed by atoms with van der Waals surface area (Å²) in [6.07, 6.45) is 5.68. The lowest BCUT2D eigenvalue weighted by Gasteiger charge is -2.48. The Balaban J connectivity index is 2.68. The number of nitrogens with two attached hydrogens (primary N) is 1. The van der Waals surface area contributed by atoms with Gasteiger partial charge in [-0.2, -0.15) is 0 Å². The van der Waals surface area contributed by atoms with E-state index in [2.05, 4.69) is 6.92 Å². The SMILES string of the molecule is CCOCC(C)(O)C1(CN)CCC(CC)CC1. The molecule has 0 aromatic carbocycles. The van der Waals surface area contributed by atoms with Crippen molar-refractivity contribution >= 4 is 0 Å². The van der Waals surface area contributed by atoms with Crippen molar-refractivity contribution in [2.24, 2.45) is 17.1 Å². The zero-order valence-corrected chi connectivity index (χ0v) is 11.7. The maximum absolute atomic E-state index is 10.7. The molecule has 1 fully saturated rings. The van der Waals surface area contributed by atoms with Crippen LogP contribution in [0.3, 0.4) is 0 Å². The Morgan fingerprint density at radius 1 is 1.35 bits per heavy atom. The minimum Gasteiger partial charge on any atom is -0.387 e.